The van der Waals surface area contributed by atoms with Gasteiger partial charge in [-0.3, -0.25) is 4.79 Å². The molecule has 0 saturated heterocycles. The predicted octanol–water partition coefficient (Wildman–Crippen LogP) is 4.62. The molecule has 0 unspecified atom stereocenters. The molecule has 0 aliphatic rings. The van der Waals surface area contributed by atoms with Gasteiger partial charge < -0.3 is 15.2 Å². The summed E-state index contributed by atoms with van der Waals surface area (Å²) in [4.78, 5) is 12.3. The minimum Gasteiger partial charge on any atom is -0.504 e. The summed E-state index contributed by atoms with van der Waals surface area (Å²) in [5, 5.41) is 20.8. The van der Waals surface area contributed by atoms with E-state index in [1.165, 1.54) is 31.4 Å². The van der Waals surface area contributed by atoms with Gasteiger partial charge in [0.1, 0.15) is 11.6 Å². The Labute approximate surface area is 157 Å². The summed E-state index contributed by atoms with van der Waals surface area (Å²) < 4.78 is 43.3. The van der Waals surface area contributed by atoms with Gasteiger partial charge in [0.05, 0.1) is 23.4 Å². The van der Waals surface area contributed by atoms with Crippen LogP contribution in [0.5, 0.6) is 11.5 Å². The summed E-state index contributed by atoms with van der Waals surface area (Å²) in [6, 6.07) is 8.25. The summed E-state index contributed by atoms with van der Waals surface area (Å²) in [7, 11) is 1.33. The number of hydrogen-bond donors (Lipinski definition) is 2. The minimum absolute atomic E-state index is 0.111. The lowest BCUT2D eigenvalue weighted by atomic mass is 10.1. The van der Waals surface area contributed by atoms with Crippen molar-refractivity contribution in [3.05, 3.63) is 58.1 Å². The largest absolute Gasteiger partial charge is 0.504 e. The van der Waals surface area contributed by atoms with E-state index < -0.39 is 17.6 Å². The maximum Gasteiger partial charge on any atom is 0.416 e. The number of halogens is 4. The third-order valence-corrected chi connectivity index (χ3v) is 3.75. The van der Waals surface area contributed by atoms with E-state index in [9.17, 15) is 28.3 Å². The van der Waals surface area contributed by atoms with Crippen LogP contribution in [0.4, 0.5) is 18.9 Å². The van der Waals surface area contributed by atoms with Crippen molar-refractivity contribution in [1.29, 1.82) is 5.26 Å². The zero-order valence-corrected chi connectivity index (χ0v) is 14.5. The summed E-state index contributed by atoms with van der Waals surface area (Å²) in [5.74, 6) is -0.943. The highest BCUT2D eigenvalue weighted by atomic mass is 35.5. The van der Waals surface area contributed by atoms with Gasteiger partial charge in [-0.05, 0) is 42.0 Å². The molecule has 0 aliphatic heterocycles. The van der Waals surface area contributed by atoms with Crippen LogP contribution in [0.1, 0.15) is 11.1 Å². The molecular formula is C18H12ClF3N2O3. The van der Waals surface area contributed by atoms with Crippen molar-refractivity contribution >= 4 is 29.3 Å². The minimum atomic E-state index is -4.61. The molecule has 0 heterocycles. The van der Waals surface area contributed by atoms with E-state index in [0.717, 1.165) is 12.1 Å². The SMILES string of the molecule is COc1cc(/C=C(\C#N)C(=O)Nc2cc(C(F)(F)F)ccc2Cl)ccc1O. The molecule has 2 aromatic rings. The molecule has 2 rings (SSSR count). The van der Waals surface area contributed by atoms with Gasteiger partial charge in [0.25, 0.3) is 5.91 Å². The third-order valence-electron chi connectivity index (χ3n) is 3.42. The molecule has 0 fully saturated rings. The Morgan fingerprint density at radius 3 is 2.59 bits per heavy atom. The first-order valence-corrected chi connectivity index (χ1v) is 7.70. The number of benzene rings is 2. The fourth-order valence-corrected chi connectivity index (χ4v) is 2.25. The first-order valence-electron chi connectivity index (χ1n) is 7.32. The molecule has 27 heavy (non-hydrogen) atoms. The number of phenolic OH excluding ortho intramolecular Hbond substituents is 1. The van der Waals surface area contributed by atoms with Crippen LogP contribution in [-0.2, 0) is 11.0 Å². The van der Waals surface area contributed by atoms with Crippen molar-refractivity contribution < 1.29 is 27.8 Å². The van der Waals surface area contributed by atoms with Crippen LogP contribution in [0.2, 0.25) is 5.02 Å². The number of phenols is 1. The average molecular weight is 397 g/mol. The van der Waals surface area contributed by atoms with Gasteiger partial charge in [-0.1, -0.05) is 17.7 Å². The van der Waals surface area contributed by atoms with Crippen LogP contribution >= 0.6 is 11.6 Å². The Morgan fingerprint density at radius 2 is 2.00 bits per heavy atom. The van der Waals surface area contributed by atoms with Crippen molar-refractivity contribution in [1.82, 2.24) is 0 Å². The average Bonchev–Trinajstić information content (AvgIpc) is 2.61. The molecule has 1 amide bonds. The molecule has 0 radical (unpaired) electrons. The zero-order valence-electron chi connectivity index (χ0n) is 13.8. The molecule has 0 atom stereocenters. The number of alkyl halides is 3. The number of nitrogens with zero attached hydrogens (tertiary/aromatic N) is 1. The monoisotopic (exact) mass is 396 g/mol. The Kier molecular flexibility index (Phi) is 5.98. The topological polar surface area (TPSA) is 82.3 Å². The number of aromatic hydroxyl groups is 1. The zero-order chi connectivity index (χ0) is 20.2. The van der Waals surface area contributed by atoms with Gasteiger partial charge in [-0.25, -0.2) is 0 Å². The van der Waals surface area contributed by atoms with E-state index in [1.54, 1.807) is 6.07 Å². The number of amides is 1. The second kappa shape index (κ2) is 8.01. The summed E-state index contributed by atoms with van der Waals surface area (Å²) in [6.07, 6.45) is -3.42. The molecule has 9 heteroatoms. The highest BCUT2D eigenvalue weighted by Crippen LogP contribution is 2.34. The van der Waals surface area contributed by atoms with Crippen molar-refractivity contribution in [2.75, 3.05) is 12.4 Å². The fraction of sp³-hybridized carbons (Fsp3) is 0.111. The maximum atomic E-state index is 12.8. The third kappa shape index (κ3) is 4.92. The molecule has 0 bridgehead atoms. The lowest BCUT2D eigenvalue weighted by Gasteiger charge is -2.11. The number of carbonyl (C=O) groups excluding carboxylic acids is 1. The van der Waals surface area contributed by atoms with E-state index in [4.69, 9.17) is 16.3 Å². The van der Waals surface area contributed by atoms with Crippen molar-refractivity contribution in [2.45, 2.75) is 6.18 Å². The van der Waals surface area contributed by atoms with Crippen LogP contribution < -0.4 is 10.1 Å². The Balaban J connectivity index is 2.32. The molecule has 140 valence electrons. The predicted molar refractivity (Wildman–Crippen MR) is 93.3 cm³/mol. The molecule has 5 nitrogen and oxygen atoms in total. The number of methoxy groups -OCH3 is 1. The van der Waals surface area contributed by atoms with Crippen LogP contribution in [-0.4, -0.2) is 18.1 Å². The summed E-state index contributed by atoms with van der Waals surface area (Å²) >= 11 is 5.83. The van der Waals surface area contributed by atoms with Crippen molar-refractivity contribution in [3.63, 3.8) is 0 Å². The second-order valence-corrected chi connectivity index (χ2v) is 5.65. The smallest absolute Gasteiger partial charge is 0.416 e. The summed E-state index contributed by atoms with van der Waals surface area (Å²) in [5.41, 5.74) is -1.28. The number of anilines is 1. The lowest BCUT2D eigenvalue weighted by molar-refractivity contribution is -0.137. The molecular weight excluding hydrogens is 385 g/mol. The molecule has 0 saturated carbocycles. The Morgan fingerprint density at radius 1 is 1.30 bits per heavy atom. The molecule has 2 N–H and O–H groups in total. The van der Waals surface area contributed by atoms with E-state index in [0.29, 0.717) is 11.6 Å². The molecule has 0 aliphatic carbocycles. The highest BCUT2D eigenvalue weighted by Gasteiger charge is 2.31. The van der Waals surface area contributed by atoms with E-state index >= 15 is 0 Å². The van der Waals surface area contributed by atoms with Gasteiger partial charge >= 0.3 is 6.18 Å². The molecule has 0 spiro atoms. The van der Waals surface area contributed by atoms with Crippen molar-refractivity contribution in [2.24, 2.45) is 0 Å². The number of nitrogens with one attached hydrogen (secondary N) is 1. The number of carbonyl (C=O) groups is 1. The van der Waals surface area contributed by atoms with Gasteiger partial charge in [0, 0.05) is 0 Å². The normalized spacial score (nSPS) is 11.6. The van der Waals surface area contributed by atoms with E-state index in [-0.39, 0.29) is 27.8 Å². The van der Waals surface area contributed by atoms with Gasteiger partial charge in [0.15, 0.2) is 11.5 Å². The first kappa shape index (κ1) is 20.1. The van der Waals surface area contributed by atoms with E-state index in [2.05, 4.69) is 5.32 Å². The van der Waals surface area contributed by atoms with Crippen LogP contribution in [0.25, 0.3) is 6.08 Å². The van der Waals surface area contributed by atoms with Gasteiger partial charge in [-0.2, -0.15) is 18.4 Å². The highest BCUT2D eigenvalue weighted by molar-refractivity contribution is 6.34. The lowest BCUT2D eigenvalue weighted by Crippen LogP contribution is -2.15. The molecule has 2 aromatic carbocycles. The van der Waals surface area contributed by atoms with Gasteiger partial charge in [0.2, 0.25) is 0 Å². The number of ether oxygens (including phenoxy) is 1. The Bertz CT molecular complexity index is 950. The maximum absolute atomic E-state index is 12.8. The quantitative estimate of drug-likeness (QED) is 0.583. The standard InChI is InChI=1S/C18H12ClF3N2O3/c1-27-16-7-10(2-5-15(16)25)6-11(9-23)17(26)24-14-8-12(18(20,21)22)3-4-13(14)19/h2-8,25H,1H3,(H,24,26)/b11-6+. The molecule has 0 aromatic heterocycles. The number of rotatable bonds is 4. The number of nitriles is 1. The first-order chi connectivity index (χ1) is 12.7. The summed E-state index contributed by atoms with van der Waals surface area (Å²) in [6.45, 7) is 0. The Hall–Kier alpha value is -3.18. The van der Waals surface area contributed by atoms with Crippen LogP contribution in [0.15, 0.2) is 42.0 Å². The number of hydrogen-bond acceptors (Lipinski definition) is 4. The van der Waals surface area contributed by atoms with Crippen LogP contribution in [0, 0.1) is 11.3 Å². The second-order valence-electron chi connectivity index (χ2n) is 5.25. The van der Waals surface area contributed by atoms with Gasteiger partial charge in [-0.15, -0.1) is 0 Å². The van der Waals surface area contributed by atoms with Crippen molar-refractivity contribution in [3.8, 4) is 17.6 Å². The fourth-order valence-electron chi connectivity index (χ4n) is 2.09. The van der Waals surface area contributed by atoms with E-state index in [1.807, 2.05) is 0 Å². The van der Waals surface area contributed by atoms with Crippen LogP contribution in [0.3, 0.4) is 0 Å².